The quantitative estimate of drug-likeness (QED) is 0.621. The highest BCUT2D eigenvalue weighted by Gasteiger charge is 2.28. The smallest absolute Gasteiger partial charge is 0.308 e. The van der Waals surface area contributed by atoms with E-state index in [2.05, 4.69) is 4.98 Å². The first-order valence-corrected chi connectivity index (χ1v) is 6.87. The molecule has 3 nitrogen and oxygen atoms in total. The summed E-state index contributed by atoms with van der Waals surface area (Å²) in [5.41, 5.74) is 1.05. The second kappa shape index (κ2) is 6.19. The summed E-state index contributed by atoms with van der Waals surface area (Å²) in [6.07, 6.45) is 3.74. The van der Waals surface area contributed by atoms with Gasteiger partial charge in [0.25, 0.3) is 0 Å². The van der Waals surface area contributed by atoms with Gasteiger partial charge in [-0.1, -0.05) is 17.7 Å². The van der Waals surface area contributed by atoms with E-state index in [1.807, 2.05) is 19.1 Å². The van der Waals surface area contributed by atoms with Crippen LogP contribution in [-0.2, 0) is 9.53 Å². The Bertz CT molecular complexity index is 414. The molecule has 1 aromatic rings. The Hall–Kier alpha value is -1.09. The predicted octanol–water partition coefficient (Wildman–Crippen LogP) is 3.57. The van der Waals surface area contributed by atoms with E-state index in [0.29, 0.717) is 17.7 Å². The maximum Gasteiger partial charge on any atom is 0.308 e. The minimum absolute atomic E-state index is 0.0463. The lowest BCUT2D eigenvalue weighted by Crippen LogP contribution is -2.23. The van der Waals surface area contributed by atoms with Gasteiger partial charge in [-0.05, 0) is 44.7 Å². The number of hydrogen-bond donors (Lipinski definition) is 0. The molecule has 0 unspecified atom stereocenters. The molecule has 1 saturated carbocycles. The van der Waals surface area contributed by atoms with Crippen molar-refractivity contribution in [2.24, 2.45) is 5.92 Å². The highest BCUT2D eigenvalue weighted by atomic mass is 35.5. The molecule has 0 amide bonds. The van der Waals surface area contributed by atoms with Crippen molar-refractivity contribution < 1.29 is 9.53 Å². The molecule has 1 aliphatic carbocycles. The number of esters is 1. The van der Waals surface area contributed by atoms with Crippen molar-refractivity contribution in [1.82, 2.24) is 4.98 Å². The molecular formula is C14H18ClNO2. The van der Waals surface area contributed by atoms with Gasteiger partial charge in [0.15, 0.2) is 0 Å². The molecule has 0 aromatic carbocycles. The van der Waals surface area contributed by atoms with Gasteiger partial charge in [-0.15, -0.1) is 0 Å². The molecule has 1 aromatic heterocycles. The van der Waals surface area contributed by atoms with Gasteiger partial charge >= 0.3 is 5.97 Å². The summed E-state index contributed by atoms with van der Waals surface area (Å²) in [5.74, 6) is 0.449. The molecule has 0 saturated heterocycles. The van der Waals surface area contributed by atoms with E-state index in [-0.39, 0.29) is 11.9 Å². The van der Waals surface area contributed by atoms with Crippen molar-refractivity contribution in [3.05, 3.63) is 29.0 Å². The summed E-state index contributed by atoms with van der Waals surface area (Å²) in [7, 11) is 0. The van der Waals surface area contributed by atoms with E-state index in [4.69, 9.17) is 16.3 Å². The van der Waals surface area contributed by atoms with Gasteiger partial charge in [0.05, 0.1) is 12.5 Å². The zero-order valence-corrected chi connectivity index (χ0v) is 11.3. The molecular weight excluding hydrogens is 250 g/mol. The van der Waals surface area contributed by atoms with E-state index in [0.717, 1.165) is 31.4 Å². The average molecular weight is 268 g/mol. The predicted molar refractivity (Wildman–Crippen MR) is 70.6 cm³/mol. The molecule has 18 heavy (non-hydrogen) atoms. The number of nitrogens with zero attached hydrogens (tertiary/aromatic N) is 1. The minimum Gasteiger partial charge on any atom is -0.466 e. The number of rotatable bonds is 3. The van der Waals surface area contributed by atoms with Crippen LogP contribution in [0.5, 0.6) is 0 Å². The molecule has 2 rings (SSSR count). The SMILES string of the molecule is CCOC(=O)[C@H]1CC[C@H](c2cccc(Cl)n2)CC1. The van der Waals surface area contributed by atoms with Gasteiger partial charge in [0.1, 0.15) is 5.15 Å². The molecule has 1 fully saturated rings. The van der Waals surface area contributed by atoms with Crippen LogP contribution >= 0.6 is 11.6 Å². The largest absolute Gasteiger partial charge is 0.466 e. The Kier molecular flexibility index (Phi) is 4.59. The zero-order valence-electron chi connectivity index (χ0n) is 10.6. The van der Waals surface area contributed by atoms with Crippen LogP contribution in [-0.4, -0.2) is 17.6 Å². The summed E-state index contributed by atoms with van der Waals surface area (Å²) in [4.78, 5) is 16.0. The van der Waals surface area contributed by atoms with Gasteiger partial charge in [-0.25, -0.2) is 4.98 Å². The van der Waals surface area contributed by atoms with Crippen LogP contribution in [0.3, 0.4) is 0 Å². The van der Waals surface area contributed by atoms with E-state index in [9.17, 15) is 4.79 Å². The normalized spacial score (nSPS) is 23.7. The topological polar surface area (TPSA) is 39.2 Å². The van der Waals surface area contributed by atoms with Crippen LogP contribution in [0.1, 0.15) is 44.2 Å². The van der Waals surface area contributed by atoms with Crippen LogP contribution in [0.25, 0.3) is 0 Å². The number of ether oxygens (including phenoxy) is 1. The van der Waals surface area contributed by atoms with Crippen molar-refractivity contribution in [3.63, 3.8) is 0 Å². The standard InChI is InChI=1S/C14H18ClNO2/c1-2-18-14(17)11-8-6-10(7-9-11)12-4-3-5-13(15)16-12/h3-5,10-11H,2,6-9H2,1H3/t10-,11-. The van der Waals surface area contributed by atoms with Crippen molar-refractivity contribution in [2.75, 3.05) is 6.61 Å². The molecule has 1 aliphatic rings. The van der Waals surface area contributed by atoms with Gasteiger partial charge in [0.2, 0.25) is 0 Å². The zero-order chi connectivity index (χ0) is 13.0. The van der Waals surface area contributed by atoms with Crippen molar-refractivity contribution in [3.8, 4) is 0 Å². The molecule has 1 heterocycles. The Balaban J connectivity index is 1.92. The molecule has 0 aliphatic heterocycles. The number of carbonyl (C=O) groups is 1. The summed E-state index contributed by atoms with van der Waals surface area (Å²) in [5, 5.41) is 0.542. The van der Waals surface area contributed by atoms with Crippen LogP contribution in [0.4, 0.5) is 0 Å². The maximum absolute atomic E-state index is 11.6. The highest BCUT2D eigenvalue weighted by Crippen LogP contribution is 2.35. The first-order valence-electron chi connectivity index (χ1n) is 6.49. The van der Waals surface area contributed by atoms with Crippen molar-refractivity contribution >= 4 is 17.6 Å². The van der Waals surface area contributed by atoms with Gasteiger partial charge in [-0.2, -0.15) is 0 Å². The third kappa shape index (κ3) is 3.22. The summed E-state index contributed by atoms with van der Waals surface area (Å²) >= 11 is 5.90. The summed E-state index contributed by atoms with van der Waals surface area (Å²) < 4.78 is 5.07. The number of carbonyl (C=O) groups excluding carboxylic acids is 1. The van der Waals surface area contributed by atoms with Crippen molar-refractivity contribution in [2.45, 2.75) is 38.5 Å². The lowest BCUT2D eigenvalue weighted by molar-refractivity contribution is -0.149. The molecule has 0 radical (unpaired) electrons. The van der Waals surface area contributed by atoms with Crippen LogP contribution < -0.4 is 0 Å². The fourth-order valence-corrected chi connectivity index (χ4v) is 2.71. The highest BCUT2D eigenvalue weighted by molar-refractivity contribution is 6.29. The molecule has 0 bridgehead atoms. The average Bonchev–Trinajstić information content (AvgIpc) is 2.39. The van der Waals surface area contributed by atoms with Crippen LogP contribution in [0.15, 0.2) is 18.2 Å². The lowest BCUT2D eigenvalue weighted by Gasteiger charge is -2.26. The Labute approximate surface area is 113 Å². The molecule has 0 atom stereocenters. The van der Waals surface area contributed by atoms with E-state index in [1.165, 1.54) is 0 Å². The van der Waals surface area contributed by atoms with Gasteiger partial charge in [-0.3, -0.25) is 4.79 Å². The lowest BCUT2D eigenvalue weighted by atomic mass is 9.80. The third-order valence-electron chi connectivity index (χ3n) is 3.50. The van der Waals surface area contributed by atoms with Crippen molar-refractivity contribution in [1.29, 1.82) is 0 Å². The first-order chi connectivity index (χ1) is 8.70. The fraction of sp³-hybridized carbons (Fsp3) is 0.571. The minimum atomic E-state index is -0.0463. The third-order valence-corrected chi connectivity index (χ3v) is 3.71. The molecule has 98 valence electrons. The monoisotopic (exact) mass is 267 g/mol. The maximum atomic E-state index is 11.6. The van der Waals surface area contributed by atoms with E-state index >= 15 is 0 Å². The van der Waals surface area contributed by atoms with Crippen LogP contribution in [0.2, 0.25) is 5.15 Å². The summed E-state index contributed by atoms with van der Waals surface area (Å²) in [6.45, 7) is 2.31. The fourth-order valence-electron chi connectivity index (χ4n) is 2.54. The molecule has 0 N–H and O–H groups in total. The van der Waals surface area contributed by atoms with E-state index in [1.54, 1.807) is 6.07 Å². The molecule has 4 heteroatoms. The second-order valence-electron chi connectivity index (χ2n) is 4.69. The summed E-state index contributed by atoms with van der Waals surface area (Å²) in [6, 6.07) is 5.73. The second-order valence-corrected chi connectivity index (χ2v) is 5.07. The van der Waals surface area contributed by atoms with E-state index < -0.39 is 0 Å². The number of pyridine rings is 1. The number of aromatic nitrogens is 1. The number of hydrogen-bond acceptors (Lipinski definition) is 3. The number of halogens is 1. The Morgan fingerprint density at radius 3 is 2.72 bits per heavy atom. The Morgan fingerprint density at radius 1 is 1.39 bits per heavy atom. The first kappa shape index (κ1) is 13.3. The van der Waals surface area contributed by atoms with Gasteiger partial charge in [0, 0.05) is 11.6 Å². The van der Waals surface area contributed by atoms with Crippen LogP contribution in [0, 0.1) is 5.92 Å². The van der Waals surface area contributed by atoms with Gasteiger partial charge < -0.3 is 4.74 Å². The Morgan fingerprint density at radius 2 is 2.11 bits per heavy atom. The molecule has 0 spiro atoms.